The van der Waals surface area contributed by atoms with Crippen molar-refractivity contribution in [3.63, 3.8) is 0 Å². The first-order chi connectivity index (χ1) is 12.9. The second-order valence-corrected chi connectivity index (χ2v) is 7.48. The van der Waals surface area contributed by atoms with Crippen LogP contribution >= 0.6 is 11.8 Å². The second kappa shape index (κ2) is 8.28. The molecule has 6 nitrogen and oxygen atoms in total. The van der Waals surface area contributed by atoms with Gasteiger partial charge in [0.25, 0.3) is 0 Å². The van der Waals surface area contributed by atoms with Gasteiger partial charge in [-0.3, -0.25) is 4.79 Å². The van der Waals surface area contributed by atoms with Gasteiger partial charge in [-0.15, -0.1) is 5.10 Å². The zero-order valence-electron chi connectivity index (χ0n) is 14.8. The summed E-state index contributed by atoms with van der Waals surface area (Å²) in [6.45, 7) is -0.108. The van der Waals surface area contributed by atoms with Gasteiger partial charge in [-0.2, -0.15) is 13.2 Å². The number of tetrazole rings is 1. The predicted octanol–water partition coefficient (Wildman–Crippen LogP) is 3.56. The lowest BCUT2D eigenvalue weighted by atomic mass is 10.1. The highest BCUT2D eigenvalue weighted by atomic mass is 32.2. The zero-order chi connectivity index (χ0) is 19.4. The molecule has 1 aliphatic carbocycles. The Bertz CT molecular complexity index is 789. The lowest BCUT2D eigenvalue weighted by Crippen LogP contribution is -2.29. The number of halogens is 3. The van der Waals surface area contributed by atoms with Gasteiger partial charge in [-0.05, 0) is 34.9 Å². The summed E-state index contributed by atoms with van der Waals surface area (Å²) < 4.78 is 41.0. The largest absolute Gasteiger partial charge is 0.416 e. The molecule has 3 rings (SSSR count). The lowest BCUT2D eigenvalue weighted by Gasteiger charge is -2.20. The summed E-state index contributed by atoms with van der Waals surface area (Å²) in [5.74, 6) is -0.212. The molecular formula is C17H20F3N5OS. The van der Waals surface area contributed by atoms with E-state index in [0.717, 1.165) is 31.7 Å². The highest BCUT2D eigenvalue weighted by Crippen LogP contribution is 2.33. The van der Waals surface area contributed by atoms with Crippen molar-refractivity contribution in [2.24, 2.45) is 0 Å². The molecule has 27 heavy (non-hydrogen) atoms. The van der Waals surface area contributed by atoms with Crippen molar-refractivity contribution in [2.45, 2.75) is 49.6 Å². The number of thioether (sulfide) groups is 1. The molecule has 10 heteroatoms. The summed E-state index contributed by atoms with van der Waals surface area (Å²) in [5, 5.41) is 12.2. The number of nitrogens with zero attached hydrogens (tertiary/aromatic N) is 5. The quantitative estimate of drug-likeness (QED) is 0.695. The summed E-state index contributed by atoms with van der Waals surface area (Å²) in [6.07, 6.45) is -0.149. The third-order valence-electron chi connectivity index (χ3n) is 4.61. The minimum absolute atomic E-state index is 0.0672. The van der Waals surface area contributed by atoms with Crippen molar-refractivity contribution in [2.75, 3.05) is 12.8 Å². The molecule has 1 aromatic heterocycles. The molecule has 0 spiro atoms. The fourth-order valence-electron chi connectivity index (χ4n) is 3.17. The van der Waals surface area contributed by atoms with Crippen LogP contribution in [0.4, 0.5) is 13.2 Å². The Labute approximate surface area is 159 Å². The van der Waals surface area contributed by atoms with Crippen LogP contribution in [0.5, 0.6) is 0 Å². The molecule has 0 saturated heterocycles. The van der Waals surface area contributed by atoms with Gasteiger partial charge >= 0.3 is 6.18 Å². The SMILES string of the molecule is CN(Cc1ccccc1C(F)(F)F)C(=O)CSc1nnnn1C1CCCC1. The van der Waals surface area contributed by atoms with Crippen LogP contribution < -0.4 is 0 Å². The van der Waals surface area contributed by atoms with Crippen LogP contribution in [0.25, 0.3) is 0 Å². The van der Waals surface area contributed by atoms with Gasteiger partial charge in [0.15, 0.2) is 0 Å². The maximum atomic E-state index is 13.1. The first-order valence-electron chi connectivity index (χ1n) is 8.66. The molecule has 1 aliphatic rings. The van der Waals surface area contributed by atoms with Crippen LogP contribution in [0.15, 0.2) is 29.4 Å². The third kappa shape index (κ3) is 4.79. The maximum Gasteiger partial charge on any atom is 0.416 e. The van der Waals surface area contributed by atoms with Gasteiger partial charge in [-0.25, -0.2) is 4.68 Å². The monoisotopic (exact) mass is 399 g/mol. The van der Waals surface area contributed by atoms with E-state index in [9.17, 15) is 18.0 Å². The first-order valence-corrected chi connectivity index (χ1v) is 9.64. The third-order valence-corrected chi connectivity index (χ3v) is 5.53. The molecule has 2 aromatic rings. The van der Waals surface area contributed by atoms with Crippen LogP contribution in [-0.4, -0.2) is 43.8 Å². The molecule has 1 amide bonds. The van der Waals surface area contributed by atoms with Crippen LogP contribution in [0, 0.1) is 0 Å². The number of hydrogen-bond donors (Lipinski definition) is 0. The van der Waals surface area contributed by atoms with E-state index in [1.165, 1.54) is 41.9 Å². The summed E-state index contributed by atoms with van der Waals surface area (Å²) in [6, 6.07) is 5.55. The summed E-state index contributed by atoms with van der Waals surface area (Å²) in [4.78, 5) is 13.7. The molecule has 1 heterocycles. The smallest absolute Gasteiger partial charge is 0.341 e. The molecule has 0 unspecified atom stereocenters. The van der Waals surface area contributed by atoms with Gasteiger partial charge in [0.05, 0.1) is 17.4 Å². The summed E-state index contributed by atoms with van der Waals surface area (Å²) >= 11 is 1.21. The highest BCUT2D eigenvalue weighted by molar-refractivity contribution is 7.99. The number of benzene rings is 1. The molecule has 1 fully saturated rings. The first kappa shape index (κ1) is 19.7. The Morgan fingerprint density at radius 2 is 2.00 bits per heavy atom. The van der Waals surface area contributed by atoms with Crippen LogP contribution in [0.1, 0.15) is 42.9 Å². The number of alkyl halides is 3. The van der Waals surface area contributed by atoms with E-state index >= 15 is 0 Å². The lowest BCUT2D eigenvalue weighted by molar-refractivity contribution is -0.139. The fourth-order valence-corrected chi connectivity index (χ4v) is 4.06. The van der Waals surface area contributed by atoms with E-state index in [1.54, 1.807) is 4.68 Å². The number of carbonyl (C=O) groups excluding carboxylic acids is 1. The van der Waals surface area contributed by atoms with Gasteiger partial charge in [-0.1, -0.05) is 42.8 Å². The number of carbonyl (C=O) groups is 1. The number of hydrogen-bond acceptors (Lipinski definition) is 5. The Morgan fingerprint density at radius 1 is 1.30 bits per heavy atom. The maximum absolute atomic E-state index is 13.1. The van der Waals surface area contributed by atoms with E-state index in [0.29, 0.717) is 5.16 Å². The highest BCUT2D eigenvalue weighted by Gasteiger charge is 2.33. The van der Waals surface area contributed by atoms with Gasteiger partial charge in [0.2, 0.25) is 11.1 Å². The Hall–Kier alpha value is -2.10. The van der Waals surface area contributed by atoms with Gasteiger partial charge < -0.3 is 4.90 Å². The van der Waals surface area contributed by atoms with Crippen molar-refractivity contribution >= 4 is 17.7 Å². The Morgan fingerprint density at radius 3 is 2.70 bits per heavy atom. The number of rotatable bonds is 6. The minimum atomic E-state index is -4.45. The van der Waals surface area contributed by atoms with E-state index in [2.05, 4.69) is 15.5 Å². The van der Waals surface area contributed by atoms with Crippen LogP contribution in [-0.2, 0) is 17.5 Å². The number of amides is 1. The molecule has 0 bridgehead atoms. The molecule has 0 atom stereocenters. The topological polar surface area (TPSA) is 63.9 Å². The van der Waals surface area contributed by atoms with Crippen LogP contribution in [0.3, 0.4) is 0 Å². The van der Waals surface area contributed by atoms with E-state index in [1.807, 2.05) is 0 Å². The summed E-state index contributed by atoms with van der Waals surface area (Å²) in [5.41, 5.74) is -0.649. The van der Waals surface area contributed by atoms with E-state index in [-0.39, 0.29) is 29.8 Å². The van der Waals surface area contributed by atoms with Crippen molar-refractivity contribution in [1.29, 1.82) is 0 Å². The number of aromatic nitrogens is 4. The predicted molar refractivity (Wildman–Crippen MR) is 94.0 cm³/mol. The van der Waals surface area contributed by atoms with Gasteiger partial charge in [0.1, 0.15) is 0 Å². The Kier molecular flexibility index (Phi) is 6.03. The average molecular weight is 399 g/mol. The molecule has 0 radical (unpaired) electrons. The standard InChI is InChI=1S/C17H20F3N5OS/c1-24(10-12-6-2-5-9-14(12)17(18,19)20)15(26)11-27-16-21-22-23-25(16)13-7-3-4-8-13/h2,5-6,9,13H,3-4,7-8,10-11H2,1H3. The molecule has 1 aromatic carbocycles. The molecular weight excluding hydrogens is 379 g/mol. The normalized spacial score (nSPS) is 15.3. The zero-order valence-corrected chi connectivity index (χ0v) is 15.6. The van der Waals surface area contributed by atoms with Crippen molar-refractivity contribution in [1.82, 2.24) is 25.1 Å². The molecule has 0 aliphatic heterocycles. The molecule has 146 valence electrons. The Balaban J connectivity index is 1.60. The summed E-state index contributed by atoms with van der Waals surface area (Å²) in [7, 11) is 1.50. The van der Waals surface area contributed by atoms with E-state index in [4.69, 9.17) is 0 Å². The van der Waals surface area contributed by atoms with Crippen molar-refractivity contribution in [3.05, 3.63) is 35.4 Å². The average Bonchev–Trinajstić information content (AvgIpc) is 3.30. The van der Waals surface area contributed by atoms with Gasteiger partial charge in [0, 0.05) is 13.6 Å². The van der Waals surface area contributed by atoms with Crippen molar-refractivity contribution in [3.8, 4) is 0 Å². The van der Waals surface area contributed by atoms with Crippen molar-refractivity contribution < 1.29 is 18.0 Å². The fraction of sp³-hybridized carbons (Fsp3) is 0.529. The second-order valence-electron chi connectivity index (χ2n) is 6.54. The molecule has 1 saturated carbocycles. The van der Waals surface area contributed by atoms with E-state index < -0.39 is 11.7 Å². The minimum Gasteiger partial charge on any atom is -0.341 e. The molecule has 0 N–H and O–H groups in total. The van der Waals surface area contributed by atoms with Crippen LogP contribution in [0.2, 0.25) is 0 Å².